The van der Waals surface area contributed by atoms with Crippen molar-refractivity contribution in [3.8, 4) is 0 Å². The molecule has 0 atom stereocenters. The van der Waals surface area contributed by atoms with E-state index in [1.54, 1.807) is 0 Å². The summed E-state index contributed by atoms with van der Waals surface area (Å²) in [5.41, 5.74) is 0. The van der Waals surface area contributed by atoms with Crippen LogP contribution in [0.25, 0.3) is 32.3 Å². The first kappa shape index (κ1) is 14.6. The standard InChI is InChI=1S/C18H12.C4H10/c1-3-7-16-13(5-1)9-11-15-12-10-14-6-2-4-8-17(14)18(15)16;1-4(2)3/h1-12H;4H,1-3H3. The molecule has 0 aliphatic carbocycles. The summed E-state index contributed by atoms with van der Waals surface area (Å²) in [5, 5.41) is 7.97. The third-order valence-corrected chi connectivity index (χ3v) is 3.63. The van der Waals surface area contributed by atoms with Gasteiger partial charge in [0.1, 0.15) is 0 Å². The Morgan fingerprint density at radius 1 is 0.500 bits per heavy atom. The van der Waals surface area contributed by atoms with Gasteiger partial charge in [0.2, 0.25) is 0 Å². The van der Waals surface area contributed by atoms with Crippen LogP contribution < -0.4 is 0 Å². The molecular weight excluding hydrogens is 264 g/mol. The maximum Gasteiger partial charge on any atom is -0.00268 e. The molecule has 0 aromatic heterocycles. The molecule has 0 nitrogen and oxygen atoms in total. The highest BCUT2D eigenvalue weighted by molar-refractivity contribution is 6.20. The van der Waals surface area contributed by atoms with Gasteiger partial charge in [-0.2, -0.15) is 0 Å². The van der Waals surface area contributed by atoms with Gasteiger partial charge in [-0.25, -0.2) is 0 Å². The van der Waals surface area contributed by atoms with E-state index in [9.17, 15) is 0 Å². The summed E-state index contributed by atoms with van der Waals surface area (Å²) in [7, 11) is 0. The topological polar surface area (TPSA) is 0 Å². The van der Waals surface area contributed by atoms with Crippen molar-refractivity contribution >= 4 is 32.3 Å². The highest BCUT2D eigenvalue weighted by atomic mass is 14.1. The second-order valence-corrected chi connectivity index (χ2v) is 6.40. The Bertz CT molecular complexity index is 843. The van der Waals surface area contributed by atoms with Gasteiger partial charge in [-0.05, 0) is 38.2 Å². The van der Waals surface area contributed by atoms with Crippen LogP contribution in [0.2, 0.25) is 0 Å². The monoisotopic (exact) mass is 286 g/mol. The van der Waals surface area contributed by atoms with Crippen molar-refractivity contribution in [2.24, 2.45) is 5.92 Å². The van der Waals surface area contributed by atoms with Crippen LogP contribution in [0.5, 0.6) is 0 Å². The number of hydrogen-bond donors (Lipinski definition) is 0. The number of hydrogen-bond acceptors (Lipinski definition) is 0. The first-order valence-corrected chi connectivity index (χ1v) is 7.96. The highest BCUT2D eigenvalue weighted by Crippen LogP contribution is 2.31. The number of rotatable bonds is 0. The van der Waals surface area contributed by atoms with Crippen molar-refractivity contribution in [3.63, 3.8) is 0 Å². The van der Waals surface area contributed by atoms with Crippen LogP contribution in [-0.4, -0.2) is 0 Å². The quantitative estimate of drug-likeness (QED) is 0.311. The lowest BCUT2D eigenvalue weighted by atomic mass is 9.97. The van der Waals surface area contributed by atoms with Gasteiger partial charge in [0.25, 0.3) is 0 Å². The summed E-state index contributed by atoms with van der Waals surface area (Å²) in [6, 6.07) is 26.0. The summed E-state index contributed by atoms with van der Waals surface area (Å²) in [6.07, 6.45) is 0. The largest absolute Gasteiger partial charge is 0.0630 e. The number of fused-ring (bicyclic) bond motifs is 5. The van der Waals surface area contributed by atoms with Crippen LogP contribution in [0.1, 0.15) is 20.8 Å². The zero-order valence-corrected chi connectivity index (χ0v) is 13.5. The third kappa shape index (κ3) is 2.82. The molecule has 0 spiro atoms. The molecule has 110 valence electrons. The Hall–Kier alpha value is -2.34. The Labute approximate surface area is 132 Å². The summed E-state index contributed by atoms with van der Waals surface area (Å²) in [5.74, 6) is 0.833. The van der Waals surface area contributed by atoms with E-state index in [-0.39, 0.29) is 0 Å². The van der Waals surface area contributed by atoms with Crippen molar-refractivity contribution in [2.75, 3.05) is 0 Å². The first-order valence-electron chi connectivity index (χ1n) is 7.96. The SMILES string of the molecule is CC(C)C.c1ccc2c(c1)ccc1ccc3ccccc3c12. The Balaban J connectivity index is 0.000000325. The highest BCUT2D eigenvalue weighted by Gasteiger charge is 2.03. The summed E-state index contributed by atoms with van der Waals surface area (Å²) in [4.78, 5) is 0. The molecule has 0 aliphatic rings. The van der Waals surface area contributed by atoms with E-state index in [0.29, 0.717) is 0 Å². The minimum absolute atomic E-state index is 0.833. The molecule has 0 amide bonds. The molecule has 4 aromatic rings. The second kappa shape index (κ2) is 6.19. The summed E-state index contributed by atoms with van der Waals surface area (Å²) >= 11 is 0. The van der Waals surface area contributed by atoms with E-state index in [2.05, 4.69) is 93.6 Å². The Kier molecular flexibility index (Phi) is 4.11. The second-order valence-electron chi connectivity index (χ2n) is 6.40. The molecule has 0 saturated carbocycles. The molecule has 0 heterocycles. The average Bonchev–Trinajstić information content (AvgIpc) is 2.53. The van der Waals surface area contributed by atoms with Crippen LogP contribution in [-0.2, 0) is 0 Å². The van der Waals surface area contributed by atoms with Gasteiger partial charge in [0, 0.05) is 0 Å². The zero-order chi connectivity index (χ0) is 15.5. The first-order chi connectivity index (χ1) is 10.7. The van der Waals surface area contributed by atoms with Gasteiger partial charge in [-0.15, -0.1) is 0 Å². The van der Waals surface area contributed by atoms with Crippen LogP contribution >= 0.6 is 0 Å². The molecule has 0 bridgehead atoms. The molecular formula is C22H22. The molecule has 22 heavy (non-hydrogen) atoms. The van der Waals surface area contributed by atoms with Gasteiger partial charge in [-0.1, -0.05) is 93.6 Å². The molecule has 0 aliphatic heterocycles. The third-order valence-electron chi connectivity index (χ3n) is 3.63. The maximum absolute atomic E-state index is 2.21. The minimum Gasteiger partial charge on any atom is -0.0630 e. The summed E-state index contributed by atoms with van der Waals surface area (Å²) in [6.45, 7) is 6.50. The minimum atomic E-state index is 0.833. The average molecular weight is 286 g/mol. The van der Waals surface area contributed by atoms with Crippen LogP contribution in [0.3, 0.4) is 0 Å². The predicted molar refractivity (Wildman–Crippen MR) is 99.5 cm³/mol. The van der Waals surface area contributed by atoms with Crippen LogP contribution in [0.15, 0.2) is 72.8 Å². The van der Waals surface area contributed by atoms with Gasteiger partial charge in [0.15, 0.2) is 0 Å². The van der Waals surface area contributed by atoms with Crippen molar-refractivity contribution in [1.82, 2.24) is 0 Å². The van der Waals surface area contributed by atoms with E-state index in [1.165, 1.54) is 32.3 Å². The molecule has 4 rings (SSSR count). The van der Waals surface area contributed by atoms with Gasteiger partial charge in [-0.3, -0.25) is 0 Å². The number of benzene rings is 4. The molecule has 0 radical (unpaired) electrons. The van der Waals surface area contributed by atoms with Gasteiger partial charge < -0.3 is 0 Å². The normalized spacial score (nSPS) is 10.9. The van der Waals surface area contributed by atoms with Crippen LogP contribution in [0.4, 0.5) is 0 Å². The predicted octanol–water partition coefficient (Wildman–Crippen LogP) is 6.81. The molecule has 0 heteroatoms. The van der Waals surface area contributed by atoms with E-state index < -0.39 is 0 Å². The lowest BCUT2D eigenvalue weighted by Crippen LogP contribution is -1.80. The van der Waals surface area contributed by atoms with Crippen molar-refractivity contribution in [3.05, 3.63) is 72.8 Å². The zero-order valence-electron chi connectivity index (χ0n) is 13.5. The van der Waals surface area contributed by atoms with Crippen molar-refractivity contribution in [1.29, 1.82) is 0 Å². The molecule has 0 unspecified atom stereocenters. The van der Waals surface area contributed by atoms with E-state index in [4.69, 9.17) is 0 Å². The molecule has 4 aromatic carbocycles. The van der Waals surface area contributed by atoms with Crippen molar-refractivity contribution in [2.45, 2.75) is 20.8 Å². The lowest BCUT2D eigenvalue weighted by Gasteiger charge is -2.07. The van der Waals surface area contributed by atoms with Crippen molar-refractivity contribution < 1.29 is 0 Å². The maximum atomic E-state index is 2.21. The molecule has 0 saturated heterocycles. The van der Waals surface area contributed by atoms with Gasteiger partial charge >= 0.3 is 0 Å². The van der Waals surface area contributed by atoms with E-state index in [1.807, 2.05) is 0 Å². The lowest BCUT2D eigenvalue weighted by molar-refractivity contribution is 0.737. The van der Waals surface area contributed by atoms with Crippen LogP contribution in [0, 0.1) is 5.92 Å². The fourth-order valence-electron chi connectivity index (χ4n) is 2.78. The fourth-order valence-corrected chi connectivity index (χ4v) is 2.78. The Morgan fingerprint density at radius 3 is 1.32 bits per heavy atom. The molecule has 0 N–H and O–H groups in total. The Morgan fingerprint density at radius 2 is 0.864 bits per heavy atom. The van der Waals surface area contributed by atoms with E-state index in [0.717, 1.165) is 5.92 Å². The van der Waals surface area contributed by atoms with Gasteiger partial charge in [0.05, 0.1) is 0 Å². The fraction of sp³-hybridized carbons (Fsp3) is 0.182. The summed E-state index contributed by atoms with van der Waals surface area (Å²) < 4.78 is 0. The van der Waals surface area contributed by atoms with E-state index >= 15 is 0 Å². The smallest absolute Gasteiger partial charge is 0.00268 e. The molecule has 0 fully saturated rings.